The fraction of sp³-hybridized carbons (Fsp3) is 0.125. The second kappa shape index (κ2) is 5.64. The van der Waals surface area contributed by atoms with E-state index in [1.165, 1.54) is 12.1 Å². The van der Waals surface area contributed by atoms with Crippen LogP contribution in [0.1, 0.15) is 10.5 Å². The molecule has 3 N–H and O–H groups in total. The summed E-state index contributed by atoms with van der Waals surface area (Å²) in [5.41, 5.74) is 6.65. The second-order valence-electron chi connectivity index (χ2n) is 2.65. The van der Waals surface area contributed by atoms with Crippen LogP contribution in [0.4, 0.5) is 0 Å². The predicted octanol–water partition coefficient (Wildman–Crippen LogP) is 0.535. The Kier molecular flexibility index (Phi) is 4.48. The summed E-state index contributed by atoms with van der Waals surface area (Å²) >= 11 is 11.3. The minimum atomic E-state index is -0.717. The molecule has 16 heavy (non-hydrogen) atoms. The largest absolute Gasteiger partial charge is 0.368 e. The minimum Gasteiger partial charge on any atom is -0.368 e. The summed E-state index contributed by atoms with van der Waals surface area (Å²) in [5.74, 6) is -1.43. The number of aromatic nitrogens is 1. The summed E-state index contributed by atoms with van der Waals surface area (Å²) < 4.78 is 0. The lowest BCUT2D eigenvalue weighted by molar-refractivity contribution is -0.124. The molecule has 0 aliphatic carbocycles. The van der Waals surface area contributed by atoms with Gasteiger partial charge in [-0.15, -0.1) is 0 Å². The van der Waals surface area contributed by atoms with Gasteiger partial charge in [-0.3, -0.25) is 14.4 Å². The average molecular weight is 264 g/mol. The molecule has 0 saturated heterocycles. The van der Waals surface area contributed by atoms with E-state index < -0.39 is 18.4 Å². The molecule has 0 aliphatic rings. The fourth-order valence-electron chi connectivity index (χ4n) is 0.799. The molecule has 0 atom stereocenters. The molecule has 0 aromatic carbocycles. The monoisotopic (exact) mass is 263 g/mol. The zero-order chi connectivity index (χ0) is 12.1. The molecule has 0 spiro atoms. The maximum atomic E-state index is 11.4. The number of carbonyl (C=O) groups is 2. The van der Waals surface area contributed by atoms with Gasteiger partial charge in [-0.2, -0.15) is 0 Å². The first kappa shape index (κ1) is 12.7. The van der Waals surface area contributed by atoms with E-state index in [4.69, 9.17) is 28.9 Å². The molecule has 0 fully saturated rings. The molecule has 1 aromatic heterocycles. The van der Waals surface area contributed by atoms with E-state index in [-0.39, 0.29) is 15.9 Å². The standard InChI is InChI=1S/C8H7Cl2N3O3/c9-4-1-2-5(10)12-7(4)8(15)13-16-3-6(11)14/h1-2H,3H2,(H2,11,14)(H,13,15). The van der Waals surface area contributed by atoms with Gasteiger partial charge in [0, 0.05) is 0 Å². The summed E-state index contributed by atoms with van der Waals surface area (Å²) in [6.45, 7) is -0.441. The van der Waals surface area contributed by atoms with Crippen LogP contribution in [0, 0.1) is 0 Å². The number of pyridine rings is 1. The predicted molar refractivity (Wildman–Crippen MR) is 56.9 cm³/mol. The zero-order valence-corrected chi connectivity index (χ0v) is 9.38. The van der Waals surface area contributed by atoms with Gasteiger partial charge in [0.2, 0.25) is 5.91 Å². The molecule has 6 nitrogen and oxygen atoms in total. The highest BCUT2D eigenvalue weighted by atomic mass is 35.5. The normalized spacial score (nSPS) is 9.88. The van der Waals surface area contributed by atoms with Gasteiger partial charge in [0.25, 0.3) is 5.91 Å². The number of rotatable bonds is 4. The first-order valence-electron chi connectivity index (χ1n) is 4.03. The number of carbonyl (C=O) groups excluding carboxylic acids is 2. The van der Waals surface area contributed by atoms with E-state index in [2.05, 4.69) is 9.82 Å². The number of nitrogens with one attached hydrogen (secondary N) is 1. The number of hydrogen-bond donors (Lipinski definition) is 2. The quantitative estimate of drug-likeness (QED) is 0.612. The van der Waals surface area contributed by atoms with Gasteiger partial charge >= 0.3 is 0 Å². The van der Waals surface area contributed by atoms with Crippen molar-refractivity contribution in [3.8, 4) is 0 Å². The zero-order valence-electron chi connectivity index (χ0n) is 7.87. The molecular formula is C8H7Cl2N3O3. The third kappa shape index (κ3) is 3.65. The molecule has 0 unspecified atom stereocenters. The van der Waals surface area contributed by atoms with Crippen molar-refractivity contribution in [1.29, 1.82) is 0 Å². The van der Waals surface area contributed by atoms with Gasteiger partial charge in [0.05, 0.1) is 5.02 Å². The van der Waals surface area contributed by atoms with E-state index in [1.54, 1.807) is 0 Å². The van der Waals surface area contributed by atoms with E-state index in [0.717, 1.165) is 0 Å². The Morgan fingerprint density at radius 3 is 2.75 bits per heavy atom. The van der Waals surface area contributed by atoms with Gasteiger partial charge in [-0.05, 0) is 12.1 Å². The van der Waals surface area contributed by atoms with E-state index in [9.17, 15) is 9.59 Å². The van der Waals surface area contributed by atoms with Crippen LogP contribution in [0.2, 0.25) is 10.2 Å². The molecule has 0 aliphatic heterocycles. The summed E-state index contributed by atoms with van der Waals surface area (Å²) in [4.78, 5) is 29.9. The molecule has 0 radical (unpaired) electrons. The molecule has 1 aromatic rings. The van der Waals surface area contributed by atoms with E-state index in [0.29, 0.717) is 0 Å². The van der Waals surface area contributed by atoms with Gasteiger partial charge in [-0.25, -0.2) is 10.5 Å². The van der Waals surface area contributed by atoms with Gasteiger partial charge in [0.15, 0.2) is 12.3 Å². The first-order valence-corrected chi connectivity index (χ1v) is 4.79. The highest BCUT2D eigenvalue weighted by Crippen LogP contribution is 2.16. The third-order valence-corrected chi connectivity index (χ3v) is 1.92. The lowest BCUT2D eigenvalue weighted by Crippen LogP contribution is -2.30. The van der Waals surface area contributed by atoms with Crippen LogP contribution >= 0.6 is 23.2 Å². The second-order valence-corrected chi connectivity index (χ2v) is 3.45. The molecule has 1 rings (SSSR count). The van der Waals surface area contributed by atoms with Crippen molar-refractivity contribution in [2.24, 2.45) is 5.73 Å². The van der Waals surface area contributed by atoms with E-state index >= 15 is 0 Å². The third-order valence-electron chi connectivity index (χ3n) is 1.41. The lowest BCUT2D eigenvalue weighted by Gasteiger charge is -2.05. The van der Waals surface area contributed by atoms with Crippen molar-refractivity contribution in [3.05, 3.63) is 28.0 Å². The van der Waals surface area contributed by atoms with Crippen molar-refractivity contribution in [2.75, 3.05) is 6.61 Å². The van der Waals surface area contributed by atoms with Gasteiger partial charge in [-0.1, -0.05) is 23.2 Å². The van der Waals surface area contributed by atoms with E-state index in [1.807, 2.05) is 5.48 Å². The Balaban J connectivity index is 2.65. The maximum Gasteiger partial charge on any atom is 0.295 e. The van der Waals surface area contributed by atoms with Crippen LogP contribution in [0.3, 0.4) is 0 Å². The number of primary amides is 1. The molecule has 0 saturated carbocycles. The lowest BCUT2D eigenvalue weighted by atomic mass is 10.3. The first-order chi connectivity index (χ1) is 7.50. The summed E-state index contributed by atoms with van der Waals surface area (Å²) in [7, 11) is 0. The number of nitrogens with zero attached hydrogens (tertiary/aromatic N) is 1. The van der Waals surface area contributed by atoms with Crippen LogP contribution < -0.4 is 11.2 Å². The average Bonchev–Trinajstić information content (AvgIpc) is 2.21. The molecule has 8 heteroatoms. The SMILES string of the molecule is NC(=O)CONC(=O)c1nc(Cl)ccc1Cl. The van der Waals surface area contributed by atoms with Gasteiger partial charge in [0.1, 0.15) is 5.15 Å². The Labute approximate surface area is 101 Å². The maximum absolute atomic E-state index is 11.4. The minimum absolute atomic E-state index is 0.0985. The van der Waals surface area contributed by atoms with Gasteiger partial charge < -0.3 is 5.73 Å². The molecule has 0 bridgehead atoms. The number of amides is 2. The smallest absolute Gasteiger partial charge is 0.295 e. The Bertz CT molecular complexity index is 425. The highest BCUT2D eigenvalue weighted by molar-refractivity contribution is 6.34. The van der Waals surface area contributed by atoms with Crippen molar-refractivity contribution < 1.29 is 14.4 Å². The van der Waals surface area contributed by atoms with Crippen LogP contribution in [-0.2, 0) is 9.63 Å². The molecule has 86 valence electrons. The summed E-state index contributed by atoms with van der Waals surface area (Å²) in [6, 6.07) is 2.85. The van der Waals surface area contributed by atoms with Crippen LogP contribution in [-0.4, -0.2) is 23.4 Å². The Morgan fingerprint density at radius 1 is 1.44 bits per heavy atom. The van der Waals surface area contributed by atoms with Crippen molar-refractivity contribution in [1.82, 2.24) is 10.5 Å². The van der Waals surface area contributed by atoms with Crippen LogP contribution in [0.5, 0.6) is 0 Å². The van der Waals surface area contributed by atoms with Crippen LogP contribution in [0.25, 0.3) is 0 Å². The molecular weight excluding hydrogens is 257 g/mol. The molecule has 2 amide bonds. The summed E-state index contributed by atoms with van der Waals surface area (Å²) in [5, 5.41) is 0.231. The number of hydroxylamine groups is 1. The van der Waals surface area contributed by atoms with Crippen molar-refractivity contribution in [2.45, 2.75) is 0 Å². The van der Waals surface area contributed by atoms with Crippen molar-refractivity contribution in [3.63, 3.8) is 0 Å². The van der Waals surface area contributed by atoms with Crippen LogP contribution in [0.15, 0.2) is 12.1 Å². The fourth-order valence-corrected chi connectivity index (χ4v) is 1.14. The number of hydrogen-bond acceptors (Lipinski definition) is 4. The van der Waals surface area contributed by atoms with Crippen molar-refractivity contribution >= 4 is 35.0 Å². The highest BCUT2D eigenvalue weighted by Gasteiger charge is 2.13. The Hall–Kier alpha value is -1.37. The topological polar surface area (TPSA) is 94.3 Å². The summed E-state index contributed by atoms with van der Waals surface area (Å²) in [6.07, 6.45) is 0. The Morgan fingerprint density at radius 2 is 2.12 bits per heavy atom. The number of halogens is 2. The number of nitrogens with two attached hydrogens (primary N) is 1. The molecule has 1 heterocycles.